The zero-order chi connectivity index (χ0) is 39.0. The highest BCUT2D eigenvalue weighted by Crippen LogP contribution is 2.66. The Kier molecular flexibility index (Phi) is 8.92. The molecule has 4 aliphatic rings. The number of hydrazine groups is 1. The summed E-state index contributed by atoms with van der Waals surface area (Å²) in [5.41, 5.74) is 1.45. The molecule has 2 aliphatic heterocycles. The van der Waals surface area contributed by atoms with Crippen molar-refractivity contribution in [1.82, 2.24) is 14.9 Å². The van der Waals surface area contributed by atoms with Gasteiger partial charge in [-0.15, -0.1) is 0 Å². The van der Waals surface area contributed by atoms with Crippen molar-refractivity contribution in [2.45, 2.75) is 36.9 Å². The van der Waals surface area contributed by atoms with E-state index in [4.69, 9.17) is 27.9 Å². The first-order valence-electron chi connectivity index (χ1n) is 17.4. The number of alkyl halides is 3. The summed E-state index contributed by atoms with van der Waals surface area (Å²) < 4.78 is 46.2. The summed E-state index contributed by atoms with van der Waals surface area (Å²) in [5.74, 6) is -7.59. The third-order valence-corrected chi connectivity index (χ3v) is 11.9. The third-order valence-electron chi connectivity index (χ3n) is 11.4. The van der Waals surface area contributed by atoms with Gasteiger partial charge < -0.3 is 9.84 Å². The predicted octanol–water partition coefficient (Wildman–Crippen LogP) is 7.31. The number of phenolic OH excluding ortho intramolecular Hbond substituents is 1. The number of allylic oxidation sites excluding steroid dienone is 2. The molecule has 2 N–H and O–H groups in total. The highest BCUT2D eigenvalue weighted by molar-refractivity contribution is 6.33. The number of aromatic nitrogens is 1. The number of halogens is 5. The number of pyridine rings is 1. The smallest absolute Gasteiger partial charge is 0.417 e. The van der Waals surface area contributed by atoms with Crippen LogP contribution >= 0.6 is 23.2 Å². The number of hydrogen-bond donors (Lipinski definition) is 2. The van der Waals surface area contributed by atoms with Crippen LogP contribution in [-0.4, -0.2) is 50.7 Å². The van der Waals surface area contributed by atoms with E-state index >= 15 is 4.79 Å². The van der Waals surface area contributed by atoms with E-state index in [1.165, 1.54) is 18.1 Å². The second-order valence-corrected chi connectivity index (χ2v) is 14.9. The van der Waals surface area contributed by atoms with E-state index in [0.717, 1.165) is 5.56 Å². The number of amides is 4. The van der Waals surface area contributed by atoms with E-state index in [1.807, 2.05) is 36.4 Å². The summed E-state index contributed by atoms with van der Waals surface area (Å²) in [6, 6.07) is 20.6. The number of benzene rings is 3. The molecule has 3 aromatic carbocycles. The second kappa shape index (κ2) is 13.4. The van der Waals surface area contributed by atoms with E-state index in [9.17, 15) is 32.7 Å². The van der Waals surface area contributed by atoms with Crippen LogP contribution in [0.25, 0.3) is 0 Å². The Balaban J connectivity index is 1.31. The van der Waals surface area contributed by atoms with Crippen LogP contribution in [0.3, 0.4) is 0 Å². The molecule has 2 aliphatic carbocycles. The Hall–Kier alpha value is -5.40. The lowest BCUT2D eigenvalue weighted by molar-refractivity contribution is -0.142. The number of aromatic hydroxyl groups is 1. The van der Waals surface area contributed by atoms with Gasteiger partial charge in [-0.25, -0.2) is 4.98 Å². The number of carbonyl (C=O) groups excluding carboxylic acids is 4. The van der Waals surface area contributed by atoms with Crippen molar-refractivity contribution >= 4 is 52.6 Å². The molecule has 6 atom stereocenters. The van der Waals surface area contributed by atoms with Gasteiger partial charge in [0.05, 0.1) is 47.4 Å². The molecule has 0 bridgehead atoms. The van der Waals surface area contributed by atoms with Crippen molar-refractivity contribution in [1.29, 1.82) is 0 Å². The Morgan fingerprint density at radius 2 is 1.67 bits per heavy atom. The van der Waals surface area contributed by atoms with E-state index in [1.54, 1.807) is 36.4 Å². The number of hydrogen-bond acceptors (Lipinski definition) is 8. The standard InChI is InChI=1S/C40H31Cl2F3N4O6/c1-55-30-9-5-8-29(50)32(30)33-24-14-15-25-31(37(53)48(35(25)51)19-20-6-3-2-4-7-20)26(24)17-27-36(52)49(38(54)39(27,33)21-10-12-23(41)13-11-21)47-34-28(42)16-22(18-46-34)40(43,44)45/h2-14,16,18,25-27,31,33,50H,15,17,19H2,1H3,(H,46,47)/t25-,26+,27-,31-,33+,39+/m0/s1. The third kappa shape index (κ3) is 5.66. The Morgan fingerprint density at radius 1 is 0.945 bits per heavy atom. The molecule has 0 unspecified atom stereocenters. The molecular weight excluding hydrogens is 760 g/mol. The number of methoxy groups -OCH3 is 1. The maximum absolute atomic E-state index is 15.3. The van der Waals surface area contributed by atoms with Crippen molar-refractivity contribution in [3.05, 3.63) is 129 Å². The van der Waals surface area contributed by atoms with Gasteiger partial charge in [-0.05, 0) is 60.2 Å². The van der Waals surface area contributed by atoms with Crippen LogP contribution in [0.1, 0.15) is 41.0 Å². The van der Waals surface area contributed by atoms with Gasteiger partial charge >= 0.3 is 6.18 Å². The molecule has 4 aromatic rings. The van der Waals surface area contributed by atoms with Crippen LogP contribution < -0.4 is 10.2 Å². The fraction of sp³-hybridized carbons (Fsp3) is 0.275. The lowest BCUT2D eigenvalue weighted by Crippen LogP contribution is -2.53. The van der Waals surface area contributed by atoms with Crippen LogP contribution in [0.5, 0.6) is 11.5 Å². The second-order valence-electron chi connectivity index (χ2n) is 14.1. The van der Waals surface area contributed by atoms with E-state index in [-0.39, 0.29) is 48.2 Å². The minimum absolute atomic E-state index is 0.0540. The van der Waals surface area contributed by atoms with E-state index in [2.05, 4.69) is 10.4 Å². The average Bonchev–Trinajstić information content (AvgIpc) is 3.53. The van der Waals surface area contributed by atoms with Gasteiger partial charge in [0.2, 0.25) is 11.8 Å². The number of likely N-dealkylation sites (tertiary alicyclic amines) is 1. The fourth-order valence-corrected chi connectivity index (χ4v) is 9.42. The lowest BCUT2D eigenvalue weighted by Gasteiger charge is -2.50. The number of imide groups is 2. The molecule has 55 heavy (non-hydrogen) atoms. The number of rotatable bonds is 7. The lowest BCUT2D eigenvalue weighted by atomic mass is 9.49. The number of anilines is 1. The topological polar surface area (TPSA) is 129 Å². The van der Waals surface area contributed by atoms with Gasteiger partial charge in [-0.2, -0.15) is 18.2 Å². The van der Waals surface area contributed by atoms with Crippen LogP contribution in [0.2, 0.25) is 10.0 Å². The highest BCUT2D eigenvalue weighted by atomic mass is 35.5. The monoisotopic (exact) mass is 790 g/mol. The van der Waals surface area contributed by atoms with Crippen molar-refractivity contribution < 1.29 is 42.2 Å². The van der Waals surface area contributed by atoms with Crippen LogP contribution in [-0.2, 0) is 37.3 Å². The summed E-state index contributed by atoms with van der Waals surface area (Å²) in [7, 11) is 1.39. The average molecular weight is 792 g/mol. The summed E-state index contributed by atoms with van der Waals surface area (Å²) in [5, 5.41) is 12.2. The number of nitrogens with zero attached hydrogens (tertiary/aromatic N) is 3. The molecule has 282 valence electrons. The molecule has 2 saturated heterocycles. The van der Waals surface area contributed by atoms with E-state index < -0.39 is 69.5 Å². The molecule has 15 heteroatoms. The normalized spacial score (nSPS) is 26.1. The molecule has 3 heterocycles. The number of ether oxygens (including phenoxy) is 1. The molecule has 3 fully saturated rings. The molecule has 4 amide bonds. The SMILES string of the molecule is COc1cccc(O)c1[C@H]1C2=CC[C@@H]3C(=O)N(Cc4ccccc4)C(=O)[C@@H]3[C@@H]2C[C@H]2C(=O)N(Nc3ncc(C(F)(F)F)cc3Cl)C(=O)[C@@]12c1ccc(Cl)cc1. The minimum atomic E-state index is -4.76. The molecule has 0 radical (unpaired) electrons. The Morgan fingerprint density at radius 3 is 2.35 bits per heavy atom. The van der Waals surface area contributed by atoms with Crippen molar-refractivity contribution in [3.8, 4) is 11.5 Å². The Labute approximate surface area is 322 Å². The first kappa shape index (κ1) is 36.6. The first-order valence-corrected chi connectivity index (χ1v) is 18.1. The zero-order valence-electron chi connectivity index (χ0n) is 28.9. The highest BCUT2D eigenvalue weighted by Gasteiger charge is 2.71. The van der Waals surface area contributed by atoms with Gasteiger partial charge in [-0.1, -0.05) is 83.4 Å². The maximum atomic E-state index is 15.3. The minimum Gasteiger partial charge on any atom is -0.508 e. The van der Waals surface area contributed by atoms with E-state index in [0.29, 0.717) is 33.4 Å². The largest absolute Gasteiger partial charge is 0.508 e. The van der Waals surface area contributed by atoms with Crippen LogP contribution in [0, 0.1) is 23.7 Å². The van der Waals surface area contributed by atoms with Crippen molar-refractivity contribution in [3.63, 3.8) is 0 Å². The van der Waals surface area contributed by atoms with Gasteiger partial charge in [0.15, 0.2) is 5.82 Å². The quantitative estimate of drug-likeness (QED) is 0.147. The molecule has 1 aromatic heterocycles. The fourth-order valence-electron chi connectivity index (χ4n) is 9.08. The number of fused-ring (bicyclic) bond motifs is 4. The summed E-state index contributed by atoms with van der Waals surface area (Å²) >= 11 is 12.6. The molecule has 0 spiro atoms. The van der Waals surface area contributed by atoms with Gasteiger partial charge in [-0.3, -0.25) is 29.5 Å². The van der Waals surface area contributed by atoms with Crippen LogP contribution in [0.4, 0.5) is 19.0 Å². The summed E-state index contributed by atoms with van der Waals surface area (Å²) in [6.45, 7) is 0.0540. The first-order chi connectivity index (χ1) is 26.3. The maximum Gasteiger partial charge on any atom is 0.417 e. The summed E-state index contributed by atoms with van der Waals surface area (Å²) in [6.07, 6.45) is -2.33. The van der Waals surface area contributed by atoms with Crippen molar-refractivity contribution in [2.24, 2.45) is 23.7 Å². The molecular formula is C40H31Cl2F3N4O6. The Bertz CT molecular complexity index is 2290. The number of carbonyl (C=O) groups is 4. The predicted molar refractivity (Wildman–Crippen MR) is 194 cm³/mol. The number of nitrogens with one attached hydrogen (secondary N) is 1. The van der Waals surface area contributed by atoms with Crippen LogP contribution in [0.15, 0.2) is 96.7 Å². The number of phenols is 1. The van der Waals surface area contributed by atoms with Crippen molar-refractivity contribution in [2.75, 3.05) is 12.5 Å². The zero-order valence-corrected chi connectivity index (χ0v) is 30.4. The molecule has 1 saturated carbocycles. The van der Waals surface area contributed by atoms with Gasteiger partial charge in [0.25, 0.3) is 11.8 Å². The molecule has 8 rings (SSSR count). The van der Waals surface area contributed by atoms with Gasteiger partial charge in [0, 0.05) is 22.7 Å². The molecule has 10 nitrogen and oxygen atoms in total. The summed E-state index contributed by atoms with van der Waals surface area (Å²) in [4.78, 5) is 63.6. The van der Waals surface area contributed by atoms with Gasteiger partial charge in [0.1, 0.15) is 11.5 Å².